The number of nitrogens with zero attached hydrogens (tertiary/aromatic N) is 3. The topological polar surface area (TPSA) is 47.8 Å². The summed E-state index contributed by atoms with van der Waals surface area (Å²) in [5.41, 5.74) is 0.537. The van der Waals surface area contributed by atoms with Crippen LogP contribution in [0.25, 0.3) is 0 Å². The zero-order chi connectivity index (χ0) is 11.5. The molecule has 0 radical (unpaired) electrons. The van der Waals surface area contributed by atoms with Gasteiger partial charge in [0, 0.05) is 12.4 Å². The van der Waals surface area contributed by atoms with E-state index in [9.17, 15) is 4.79 Å². The van der Waals surface area contributed by atoms with Crippen LogP contribution in [0.15, 0.2) is 35.6 Å². The van der Waals surface area contributed by atoms with Crippen LogP contribution in [0.1, 0.15) is 5.56 Å². The standard InChI is InChI=1S/C10H7Cl2N3O/c11-8-9(12)14-6-15(10(8)16)5-7-2-1-3-13-4-7/h1-4,6H,5H2. The Morgan fingerprint density at radius 1 is 1.38 bits per heavy atom. The highest BCUT2D eigenvalue weighted by molar-refractivity contribution is 6.40. The molecule has 0 atom stereocenters. The minimum atomic E-state index is -0.356. The van der Waals surface area contributed by atoms with Crippen molar-refractivity contribution >= 4 is 23.2 Å². The van der Waals surface area contributed by atoms with Crippen LogP contribution >= 0.6 is 23.2 Å². The van der Waals surface area contributed by atoms with Gasteiger partial charge < -0.3 is 0 Å². The zero-order valence-electron chi connectivity index (χ0n) is 8.10. The Hall–Kier alpha value is -1.39. The van der Waals surface area contributed by atoms with Gasteiger partial charge in [-0.3, -0.25) is 14.3 Å². The van der Waals surface area contributed by atoms with Gasteiger partial charge in [-0.25, -0.2) is 4.98 Å². The maximum atomic E-state index is 11.7. The van der Waals surface area contributed by atoms with E-state index in [0.717, 1.165) is 5.56 Å². The average molecular weight is 256 g/mol. The molecule has 0 unspecified atom stereocenters. The smallest absolute Gasteiger partial charge is 0.273 e. The first-order valence-electron chi connectivity index (χ1n) is 4.48. The van der Waals surface area contributed by atoms with Crippen LogP contribution < -0.4 is 5.56 Å². The predicted octanol–water partition coefficient (Wildman–Crippen LogP) is 1.99. The summed E-state index contributed by atoms with van der Waals surface area (Å²) >= 11 is 11.3. The van der Waals surface area contributed by atoms with Crippen LogP contribution in [-0.2, 0) is 6.54 Å². The van der Waals surface area contributed by atoms with Crippen molar-refractivity contribution in [2.24, 2.45) is 0 Å². The van der Waals surface area contributed by atoms with E-state index in [4.69, 9.17) is 23.2 Å². The maximum Gasteiger partial charge on any atom is 0.273 e. The lowest BCUT2D eigenvalue weighted by molar-refractivity contribution is 0.734. The Labute approximate surface area is 101 Å². The van der Waals surface area contributed by atoms with Gasteiger partial charge in [-0.05, 0) is 11.6 Å². The molecule has 2 heterocycles. The van der Waals surface area contributed by atoms with E-state index < -0.39 is 0 Å². The Kier molecular flexibility index (Phi) is 3.22. The Balaban J connectivity index is 2.37. The zero-order valence-corrected chi connectivity index (χ0v) is 9.61. The first-order chi connectivity index (χ1) is 7.68. The van der Waals surface area contributed by atoms with Crippen molar-refractivity contribution in [1.82, 2.24) is 14.5 Å². The summed E-state index contributed by atoms with van der Waals surface area (Å²) in [6, 6.07) is 3.66. The van der Waals surface area contributed by atoms with Gasteiger partial charge in [0.05, 0.1) is 12.9 Å². The fourth-order valence-corrected chi connectivity index (χ4v) is 1.53. The third-order valence-corrected chi connectivity index (χ3v) is 2.74. The van der Waals surface area contributed by atoms with Crippen molar-refractivity contribution in [2.75, 3.05) is 0 Å². The quantitative estimate of drug-likeness (QED) is 0.772. The molecule has 4 nitrogen and oxygen atoms in total. The van der Waals surface area contributed by atoms with Gasteiger partial charge in [0.15, 0.2) is 5.15 Å². The monoisotopic (exact) mass is 255 g/mol. The highest BCUT2D eigenvalue weighted by atomic mass is 35.5. The molecule has 0 amide bonds. The molecule has 0 fully saturated rings. The van der Waals surface area contributed by atoms with E-state index in [1.165, 1.54) is 10.9 Å². The fourth-order valence-electron chi connectivity index (χ4n) is 1.24. The van der Waals surface area contributed by atoms with Crippen LogP contribution in [-0.4, -0.2) is 14.5 Å². The molecule has 0 aliphatic heterocycles. The molecule has 0 spiro atoms. The van der Waals surface area contributed by atoms with Crippen molar-refractivity contribution in [2.45, 2.75) is 6.54 Å². The van der Waals surface area contributed by atoms with E-state index in [1.54, 1.807) is 18.5 Å². The third-order valence-electron chi connectivity index (χ3n) is 2.02. The SMILES string of the molecule is O=c1c(Cl)c(Cl)ncn1Cc1cccnc1. The van der Waals surface area contributed by atoms with Crippen LogP contribution in [0.4, 0.5) is 0 Å². The highest BCUT2D eigenvalue weighted by Gasteiger charge is 2.07. The molecule has 82 valence electrons. The Bertz CT molecular complexity index is 554. The lowest BCUT2D eigenvalue weighted by Gasteiger charge is -2.05. The summed E-state index contributed by atoms with van der Waals surface area (Å²) in [6.45, 7) is 0.372. The molecular weight excluding hydrogens is 249 g/mol. The van der Waals surface area contributed by atoms with Crippen molar-refractivity contribution in [3.8, 4) is 0 Å². The Morgan fingerprint density at radius 2 is 2.19 bits per heavy atom. The molecule has 0 saturated heterocycles. The van der Waals surface area contributed by atoms with Crippen molar-refractivity contribution in [3.05, 3.63) is 56.9 Å². The molecule has 0 bridgehead atoms. The molecule has 16 heavy (non-hydrogen) atoms. The van der Waals surface area contributed by atoms with Gasteiger partial charge in [0.25, 0.3) is 5.56 Å². The normalized spacial score (nSPS) is 10.4. The maximum absolute atomic E-state index is 11.7. The van der Waals surface area contributed by atoms with Gasteiger partial charge in [-0.15, -0.1) is 0 Å². The molecule has 0 aliphatic carbocycles. The molecule has 2 rings (SSSR count). The van der Waals surface area contributed by atoms with Crippen molar-refractivity contribution in [3.63, 3.8) is 0 Å². The lowest BCUT2D eigenvalue weighted by atomic mass is 10.3. The number of aromatic nitrogens is 3. The second-order valence-electron chi connectivity index (χ2n) is 3.14. The van der Waals surface area contributed by atoms with E-state index in [1.807, 2.05) is 6.07 Å². The molecule has 6 heteroatoms. The van der Waals surface area contributed by atoms with E-state index in [2.05, 4.69) is 9.97 Å². The number of halogens is 2. The number of rotatable bonds is 2. The molecule has 2 aromatic rings. The van der Waals surface area contributed by atoms with Gasteiger partial charge in [-0.1, -0.05) is 29.3 Å². The number of hydrogen-bond acceptors (Lipinski definition) is 3. The Morgan fingerprint density at radius 3 is 2.88 bits per heavy atom. The van der Waals surface area contributed by atoms with Crippen molar-refractivity contribution in [1.29, 1.82) is 0 Å². The summed E-state index contributed by atoms with van der Waals surface area (Å²) < 4.78 is 1.38. The largest absolute Gasteiger partial charge is 0.293 e. The van der Waals surface area contributed by atoms with E-state index in [0.29, 0.717) is 6.54 Å². The molecule has 0 aromatic carbocycles. The lowest BCUT2D eigenvalue weighted by Crippen LogP contribution is -2.21. The summed E-state index contributed by atoms with van der Waals surface area (Å²) in [4.78, 5) is 19.4. The van der Waals surface area contributed by atoms with Crippen LogP contribution in [0, 0.1) is 0 Å². The van der Waals surface area contributed by atoms with Crippen LogP contribution in [0.3, 0.4) is 0 Å². The fraction of sp³-hybridized carbons (Fsp3) is 0.100. The first-order valence-corrected chi connectivity index (χ1v) is 5.23. The summed E-state index contributed by atoms with van der Waals surface area (Å²) in [5, 5.41) is -0.0397. The highest BCUT2D eigenvalue weighted by Crippen LogP contribution is 2.12. The minimum Gasteiger partial charge on any atom is -0.293 e. The van der Waals surface area contributed by atoms with Crippen LogP contribution in [0.2, 0.25) is 10.2 Å². The van der Waals surface area contributed by atoms with Gasteiger partial charge in [-0.2, -0.15) is 0 Å². The first kappa shape index (κ1) is 11.1. The van der Waals surface area contributed by atoms with Crippen LogP contribution in [0.5, 0.6) is 0 Å². The summed E-state index contributed by atoms with van der Waals surface area (Å²) in [7, 11) is 0. The number of pyridine rings is 1. The molecule has 0 N–H and O–H groups in total. The average Bonchev–Trinajstić information content (AvgIpc) is 2.31. The molecule has 2 aromatic heterocycles. The van der Waals surface area contributed by atoms with Gasteiger partial charge in [0.1, 0.15) is 5.02 Å². The third kappa shape index (κ3) is 2.23. The molecular formula is C10H7Cl2N3O. The molecule has 0 saturated carbocycles. The second kappa shape index (κ2) is 4.63. The summed E-state index contributed by atoms with van der Waals surface area (Å²) in [5.74, 6) is 0. The van der Waals surface area contributed by atoms with Gasteiger partial charge >= 0.3 is 0 Å². The minimum absolute atomic E-state index is 0.0223. The van der Waals surface area contributed by atoms with Gasteiger partial charge in [0.2, 0.25) is 0 Å². The van der Waals surface area contributed by atoms with E-state index in [-0.39, 0.29) is 15.7 Å². The molecule has 0 aliphatic rings. The number of hydrogen-bond donors (Lipinski definition) is 0. The second-order valence-corrected chi connectivity index (χ2v) is 3.88. The van der Waals surface area contributed by atoms with E-state index >= 15 is 0 Å². The summed E-state index contributed by atoms with van der Waals surface area (Å²) in [6.07, 6.45) is 4.71. The predicted molar refractivity (Wildman–Crippen MR) is 61.9 cm³/mol. The van der Waals surface area contributed by atoms with Crippen molar-refractivity contribution < 1.29 is 0 Å².